The Hall–Kier alpha value is -3.59. The number of piperazine rings is 1. The van der Waals surface area contributed by atoms with Gasteiger partial charge in [0.25, 0.3) is 11.8 Å². The molecule has 0 saturated carbocycles. The summed E-state index contributed by atoms with van der Waals surface area (Å²) in [6.07, 6.45) is 1.64. The second kappa shape index (κ2) is 9.69. The van der Waals surface area contributed by atoms with Crippen LogP contribution in [0, 0.1) is 0 Å². The highest BCUT2D eigenvalue weighted by Gasteiger charge is 2.23. The third-order valence-electron chi connectivity index (χ3n) is 5.27. The number of benzene rings is 1. The minimum atomic E-state index is -0.263. The number of hydrogen-bond donors (Lipinski definition) is 1. The molecule has 166 valence electrons. The van der Waals surface area contributed by atoms with Gasteiger partial charge in [0.2, 0.25) is 0 Å². The Bertz CT molecular complexity index is 1080. The zero-order chi connectivity index (χ0) is 22.5. The van der Waals surface area contributed by atoms with E-state index in [9.17, 15) is 9.59 Å². The molecule has 4 rings (SSSR count). The first kappa shape index (κ1) is 21.6. The summed E-state index contributed by atoms with van der Waals surface area (Å²) in [6.45, 7) is 2.72. The van der Waals surface area contributed by atoms with Gasteiger partial charge in [-0.15, -0.1) is 11.3 Å². The lowest BCUT2D eigenvalue weighted by Crippen LogP contribution is -2.48. The summed E-state index contributed by atoms with van der Waals surface area (Å²) in [5, 5.41) is 4.76. The molecule has 9 heteroatoms. The number of hydrogen-bond acceptors (Lipinski definition) is 7. The van der Waals surface area contributed by atoms with Gasteiger partial charge < -0.3 is 24.6 Å². The van der Waals surface area contributed by atoms with Gasteiger partial charge in [-0.25, -0.2) is 4.98 Å². The molecule has 0 bridgehead atoms. The zero-order valence-electron chi connectivity index (χ0n) is 17.9. The van der Waals surface area contributed by atoms with Crippen molar-refractivity contribution in [1.82, 2.24) is 9.88 Å². The van der Waals surface area contributed by atoms with E-state index in [4.69, 9.17) is 9.47 Å². The Morgan fingerprint density at radius 3 is 2.41 bits per heavy atom. The summed E-state index contributed by atoms with van der Waals surface area (Å²) in [5.41, 5.74) is 1.05. The molecule has 1 aliphatic heterocycles. The molecule has 0 atom stereocenters. The maximum absolute atomic E-state index is 12.6. The second-order valence-corrected chi connectivity index (χ2v) is 8.13. The average molecular weight is 453 g/mol. The Labute approximate surface area is 190 Å². The van der Waals surface area contributed by atoms with Gasteiger partial charge in [-0.2, -0.15) is 0 Å². The molecule has 0 radical (unpaired) electrons. The highest BCUT2D eigenvalue weighted by Crippen LogP contribution is 2.28. The van der Waals surface area contributed by atoms with Crippen LogP contribution in [0.25, 0.3) is 0 Å². The van der Waals surface area contributed by atoms with E-state index >= 15 is 0 Å². The van der Waals surface area contributed by atoms with Crippen LogP contribution in [0.15, 0.2) is 54.0 Å². The number of thiophene rings is 1. The number of carbonyl (C=O) groups excluding carboxylic acids is 2. The number of carbonyl (C=O) groups is 2. The van der Waals surface area contributed by atoms with Crippen LogP contribution in [-0.4, -0.2) is 62.1 Å². The number of ether oxygens (including phenoxy) is 2. The van der Waals surface area contributed by atoms with Gasteiger partial charge in [-0.3, -0.25) is 9.59 Å². The maximum Gasteiger partial charge on any atom is 0.264 e. The van der Waals surface area contributed by atoms with Crippen molar-refractivity contribution in [2.24, 2.45) is 0 Å². The van der Waals surface area contributed by atoms with Gasteiger partial charge in [-0.05, 0) is 41.8 Å². The van der Waals surface area contributed by atoms with Gasteiger partial charge >= 0.3 is 0 Å². The highest BCUT2D eigenvalue weighted by molar-refractivity contribution is 7.12. The highest BCUT2D eigenvalue weighted by atomic mass is 32.1. The molecule has 0 spiro atoms. The molecule has 3 aromatic rings. The maximum atomic E-state index is 12.6. The summed E-state index contributed by atoms with van der Waals surface area (Å²) >= 11 is 1.47. The monoisotopic (exact) mass is 452 g/mol. The first-order chi connectivity index (χ1) is 15.6. The van der Waals surface area contributed by atoms with Crippen LogP contribution in [0.1, 0.15) is 20.0 Å². The van der Waals surface area contributed by atoms with Crippen molar-refractivity contribution in [3.63, 3.8) is 0 Å². The zero-order valence-corrected chi connectivity index (χ0v) is 18.7. The van der Waals surface area contributed by atoms with Gasteiger partial charge in [0.1, 0.15) is 5.82 Å². The van der Waals surface area contributed by atoms with Crippen LogP contribution in [-0.2, 0) is 0 Å². The van der Waals surface area contributed by atoms with Crippen molar-refractivity contribution < 1.29 is 19.1 Å². The predicted molar refractivity (Wildman–Crippen MR) is 124 cm³/mol. The molecule has 0 unspecified atom stereocenters. The molecule has 0 aliphatic carbocycles. The summed E-state index contributed by atoms with van der Waals surface area (Å²) in [5.74, 6) is 1.69. The van der Waals surface area contributed by atoms with Gasteiger partial charge in [-0.1, -0.05) is 6.07 Å². The van der Waals surface area contributed by atoms with Crippen LogP contribution >= 0.6 is 11.3 Å². The molecule has 1 saturated heterocycles. The van der Waals surface area contributed by atoms with E-state index < -0.39 is 0 Å². The van der Waals surface area contributed by atoms with Crippen molar-refractivity contribution in [1.29, 1.82) is 0 Å². The lowest BCUT2D eigenvalue weighted by Gasteiger charge is -2.35. The predicted octanol–water partition coefficient (Wildman–Crippen LogP) is 3.38. The Balaban J connectivity index is 1.34. The first-order valence-corrected chi connectivity index (χ1v) is 11.0. The molecular weight excluding hydrogens is 428 g/mol. The molecule has 32 heavy (non-hydrogen) atoms. The van der Waals surface area contributed by atoms with Crippen LogP contribution in [0.2, 0.25) is 0 Å². The number of methoxy groups -OCH3 is 2. The Morgan fingerprint density at radius 2 is 1.78 bits per heavy atom. The molecule has 8 nitrogen and oxygen atoms in total. The molecule has 2 amide bonds. The van der Waals surface area contributed by atoms with Crippen molar-refractivity contribution in [3.05, 3.63) is 64.5 Å². The first-order valence-electron chi connectivity index (χ1n) is 10.2. The van der Waals surface area contributed by atoms with Crippen LogP contribution in [0.4, 0.5) is 11.5 Å². The summed E-state index contributed by atoms with van der Waals surface area (Å²) in [4.78, 5) is 34.4. The quantitative estimate of drug-likeness (QED) is 0.617. The number of nitrogens with one attached hydrogen (secondary N) is 1. The van der Waals surface area contributed by atoms with E-state index in [1.54, 1.807) is 31.5 Å². The summed E-state index contributed by atoms with van der Waals surface area (Å²) in [6, 6.07) is 12.4. The SMILES string of the molecule is COc1ccc(C(=O)Nc2ccc(N3CCN(C(=O)c4cccs4)CC3)nc2)cc1OC. The molecule has 1 aliphatic rings. The third-order valence-corrected chi connectivity index (χ3v) is 6.13. The van der Waals surface area contributed by atoms with Crippen LogP contribution < -0.4 is 19.7 Å². The number of aromatic nitrogens is 1. The average Bonchev–Trinajstić information content (AvgIpc) is 3.39. The topological polar surface area (TPSA) is 84.0 Å². The number of rotatable bonds is 6. The fraction of sp³-hybridized carbons (Fsp3) is 0.261. The van der Waals surface area contributed by atoms with Crippen molar-refractivity contribution >= 4 is 34.7 Å². The van der Waals surface area contributed by atoms with E-state index in [1.807, 2.05) is 34.5 Å². The summed E-state index contributed by atoms with van der Waals surface area (Å²) in [7, 11) is 3.08. The number of pyridine rings is 1. The molecular formula is C23H24N4O4S. The minimum Gasteiger partial charge on any atom is -0.493 e. The van der Waals surface area contributed by atoms with Gasteiger partial charge in [0.15, 0.2) is 11.5 Å². The minimum absolute atomic E-state index is 0.0841. The van der Waals surface area contributed by atoms with Crippen LogP contribution in [0.3, 0.4) is 0 Å². The van der Waals surface area contributed by atoms with E-state index in [-0.39, 0.29) is 11.8 Å². The standard InChI is InChI=1S/C23H24N4O4S/c1-30-18-7-5-16(14-19(18)31-2)22(28)25-17-6-8-21(24-15-17)26-9-11-27(12-10-26)23(29)20-4-3-13-32-20/h3-8,13-15H,9-12H2,1-2H3,(H,25,28). The number of nitrogens with zero attached hydrogens (tertiary/aromatic N) is 3. The van der Waals surface area contributed by atoms with Crippen LogP contribution in [0.5, 0.6) is 11.5 Å². The van der Waals surface area contributed by atoms with Crippen molar-refractivity contribution in [2.45, 2.75) is 0 Å². The van der Waals surface area contributed by atoms with Crippen molar-refractivity contribution in [3.8, 4) is 11.5 Å². The van der Waals surface area contributed by atoms with Crippen molar-refractivity contribution in [2.75, 3.05) is 50.6 Å². The Morgan fingerprint density at radius 1 is 1.00 bits per heavy atom. The Kier molecular flexibility index (Phi) is 6.55. The fourth-order valence-electron chi connectivity index (χ4n) is 3.52. The van der Waals surface area contributed by atoms with E-state index in [1.165, 1.54) is 18.4 Å². The molecule has 2 aromatic heterocycles. The van der Waals surface area contributed by atoms with E-state index in [0.717, 1.165) is 10.7 Å². The smallest absolute Gasteiger partial charge is 0.264 e. The normalized spacial score (nSPS) is 13.6. The third kappa shape index (κ3) is 4.67. The second-order valence-electron chi connectivity index (χ2n) is 7.19. The molecule has 1 aromatic carbocycles. The van der Waals surface area contributed by atoms with Gasteiger partial charge in [0.05, 0.1) is 31.0 Å². The lowest BCUT2D eigenvalue weighted by atomic mass is 10.2. The van der Waals surface area contributed by atoms with E-state index in [0.29, 0.717) is 48.9 Å². The molecule has 1 fully saturated rings. The lowest BCUT2D eigenvalue weighted by molar-refractivity contribution is 0.0751. The largest absolute Gasteiger partial charge is 0.493 e. The molecule has 3 heterocycles. The number of amides is 2. The van der Waals surface area contributed by atoms with E-state index in [2.05, 4.69) is 15.2 Å². The molecule has 1 N–H and O–H groups in total. The number of anilines is 2. The summed E-state index contributed by atoms with van der Waals surface area (Å²) < 4.78 is 10.5. The van der Waals surface area contributed by atoms with Gasteiger partial charge in [0, 0.05) is 31.7 Å². The fourth-order valence-corrected chi connectivity index (χ4v) is 4.21.